The van der Waals surface area contributed by atoms with Crippen molar-refractivity contribution in [2.75, 3.05) is 0 Å². The molecule has 474 valence electrons. The van der Waals surface area contributed by atoms with Crippen LogP contribution in [-0.4, -0.2) is 9.13 Å². The highest BCUT2D eigenvalue weighted by Crippen LogP contribution is 2.57. The molecule has 6 heteroatoms. The average Bonchev–Trinajstić information content (AvgIpc) is 1.55. The van der Waals surface area contributed by atoms with Crippen molar-refractivity contribution in [2.45, 2.75) is 38.5 Å². The Balaban J connectivity index is 0.000000135. The molecule has 100 heavy (non-hydrogen) atoms. The molecule has 21 rings (SSSR count). The lowest BCUT2D eigenvalue weighted by molar-refractivity contribution is 0.592. The van der Waals surface area contributed by atoms with Gasteiger partial charge in [-0.1, -0.05) is 295 Å². The van der Waals surface area contributed by atoms with Gasteiger partial charge in [0.1, 0.15) is 0 Å². The molecule has 0 amide bonds. The van der Waals surface area contributed by atoms with Crippen LogP contribution in [0.15, 0.2) is 328 Å². The van der Waals surface area contributed by atoms with E-state index in [4.69, 9.17) is 0 Å². The lowest BCUT2D eigenvalue weighted by Crippen LogP contribution is -2.20. The highest BCUT2D eigenvalue weighted by atomic mass is 31.2. The van der Waals surface area contributed by atoms with Crippen LogP contribution in [0.5, 0.6) is 0 Å². The van der Waals surface area contributed by atoms with Gasteiger partial charge in [0.25, 0.3) is 0 Å². The van der Waals surface area contributed by atoms with Gasteiger partial charge in [0, 0.05) is 75.3 Å². The van der Waals surface area contributed by atoms with Gasteiger partial charge < -0.3 is 18.3 Å². The van der Waals surface area contributed by atoms with Crippen LogP contribution in [0.25, 0.3) is 133 Å². The van der Waals surface area contributed by atoms with E-state index in [0.717, 1.165) is 109 Å². The normalized spacial score (nSPS) is 16.7. The van der Waals surface area contributed by atoms with Gasteiger partial charge in [0.05, 0.1) is 27.8 Å². The molecule has 2 aliphatic heterocycles. The second-order valence-corrected chi connectivity index (χ2v) is 33.9. The molecule has 4 heterocycles. The highest BCUT2D eigenvalue weighted by Gasteiger charge is 2.43. The molecule has 0 saturated heterocycles. The third kappa shape index (κ3) is 8.12. The predicted octanol–water partition coefficient (Wildman–Crippen LogP) is 21.9. The van der Waals surface area contributed by atoms with Crippen molar-refractivity contribution >= 4 is 100 Å². The number of para-hydroxylation sites is 2. The average molecular weight is 1320 g/mol. The van der Waals surface area contributed by atoms with Crippen molar-refractivity contribution in [1.82, 2.24) is 9.13 Å². The number of benzene rings is 15. The Labute approximate surface area is 581 Å². The SMILES string of the molecule is CC1(C)c2ccccc2-c2c(-c3ccc(-n4c5ccccc5c5cc6c(cc54)-c4ccccc4P6(=O)c4ccccc4)cc3)cccc21.CC1(C)c2ccccc2-c2ccc(-c3ccc(-n4c5ccccc5c5cc6c(cc54)-c4ccccc4P6(=O)c4ccccc4)c4ccccc34)cc21. The van der Waals surface area contributed by atoms with E-state index in [0.29, 0.717) is 0 Å². The summed E-state index contributed by atoms with van der Waals surface area (Å²) in [6.45, 7) is 9.36. The van der Waals surface area contributed by atoms with Crippen LogP contribution in [0, 0.1) is 0 Å². The maximum Gasteiger partial charge on any atom is 0.172 e. The maximum atomic E-state index is 15.4. The summed E-state index contributed by atoms with van der Waals surface area (Å²) in [5, 5.41) is 12.5. The number of aromatic nitrogens is 2. The van der Waals surface area contributed by atoms with Crippen LogP contribution in [0.4, 0.5) is 0 Å². The number of rotatable bonds is 6. The van der Waals surface area contributed by atoms with E-state index in [1.54, 1.807) is 0 Å². The number of nitrogens with zero attached hydrogens (tertiary/aromatic N) is 2. The summed E-state index contributed by atoms with van der Waals surface area (Å²) in [7, 11) is -6.11. The standard InChI is InChI=1S/C49H34NOP.C45H32NOP/c1-49(2)42-21-11-8-17-35(42)36-25-24-31(28-43(36)49)33-26-27-45(37-18-7-6-16-34(33)37)50-44-22-12-9-19-38(44)40-30-48-41(29-46(40)50)39-20-10-13-23-47(39)52(48,51)32-14-4-3-5-15-32;1-45(2)38-19-9-6-17-35(38)44-32(18-12-20-39(44)45)29-23-25-30(26-24-29)46-40-21-10-7-15-33(40)36-28-43-37(27-41(36)46)34-16-8-11-22-42(34)48(43,47)31-13-4-3-5-14-31/h3-30H,1-2H3;3-28H,1-2H3. The monoisotopic (exact) mass is 1320 g/mol. The molecule has 0 radical (unpaired) electrons. The molecular weight excluding hydrogens is 1250 g/mol. The van der Waals surface area contributed by atoms with Crippen molar-refractivity contribution in [2.24, 2.45) is 0 Å². The van der Waals surface area contributed by atoms with Gasteiger partial charge in [-0.2, -0.15) is 0 Å². The van der Waals surface area contributed by atoms with E-state index in [2.05, 4.69) is 292 Å². The van der Waals surface area contributed by atoms with Gasteiger partial charge in [-0.3, -0.25) is 0 Å². The zero-order valence-electron chi connectivity index (χ0n) is 55.8. The summed E-state index contributed by atoms with van der Waals surface area (Å²) in [4.78, 5) is 0. The van der Waals surface area contributed by atoms with E-state index in [1.165, 1.54) is 77.5 Å². The van der Waals surface area contributed by atoms with Gasteiger partial charge in [0.2, 0.25) is 0 Å². The largest absolute Gasteiger partial charge is 0.309 e. The molecule has 17 aromatic rings. The minimum absolute atomic E-state index is 0.0335. The molecule has 2 unspecified atom stereocenters. The van der Waals surface area contributed by atoms with Crippen LogP contribution in [0.2, 0.25) is 0 Å². The first-order chi connectivity index (χ1) is 48.9. The Kier molecular flexibility index (Phi) is 12.7. The molecule has 0 spiro atoms. The zero-order valence-corrected chi connectivity index (χ0v) is 57.6. The molecule has 4 nitrogen and oxygen atoms in total. The third-order valence-electron chi connectivity index (χ3n) is 22.6. The Morgan fingerprint density at radius 3 is 1.29 bits per heavy atom. The van der Waals surface area contributed by atoms with Crippen LogP contribution in [-0.2, 0) is 20.0 Å². The third-order valence-corrected chi connectivity index (χ3v) is 28.9. The smallest absolute Gasteiger partial charge is 0.172 e. The fraction of sp³-hybridized carbons (Fsp3) is 0.0638. The van der Waals surface area contributed by atoms with Crippen molar-refractivity contribution in [3.05, 3.63) is 350 Å². The van der Waals surface area contributed by atoms with E-state index < -0.39 is 14.3 Å². The summed E-state index contributed by atoms with van der Waals surface area (Å²) in [5.74, 6) is 0. The molecular formula is C94H66N2O2P2. The summed E-state index contributed by atoms with van der Waals surface area (Å²) < 4.78 is 35.5. The first-order valence-electron chi connectivity index (χ1n) is 34.7. The van der Waals surface area contributed by atoms with Crippen molar-refractivity contribution in [1.29, 1.82) is 0 Å². The van der Waals surface area contributed by atoms with Crippen LogP contribution < -0.4 is 31.8 Å². The van der Waals surface area contributed by atoms with Gasteiger partial charge in [0.15, 0.2) is 14.3 Å². The second-order valence-electron chi connectivity index (χ2n) is 28.5. The molecule has 4 aliphatic rings. The van der Waals surface area contributed by atoms with Crippen molar-refractivity contribution in [3.8, 4) is 78.1 Å². The maximum absolute atomic E-state index is 15.4. The van der Waals surface area contributed by atoms with Crippen LogP contribution >= 0.6 is 14.3 Å². The van der Waals surface area contributed by atoms with Crippen molar-refractivity contribution < 1.29 is 9.13 Å². The summed E-state index contributed by atoms with van der Waals surface area (Å²) in [5.41, 5.74) is 26.7. The number of hydrogen-bond donors (Lipinski definition) is 0. The molecule has 0 fully saturated rings. The molecule has 15 aromatic carbocycles. The minimum atomic E-state index is -3.07. The fourth-order valence-corrected chi connectivity index (χ4v) is 24.1. The first-order valence-corrected chi connectivity index (χ1v) is 38.1. The summed E-state index contributed by atoms with van der Waals surface area (Å²) >= 11 is 0. The first kappa shape index (κ1) is 58.7. The van der Waals surface area contributed by atoms with E-state index in [1.807, 2.05) is 72.8 Å². The van der Waals surface area contributed by atoms with E-state index >= 15 is 9.13 Å². The summed E-state index contributed by atoms with van der Waals surface area (Å²) in [6, 6.07) is 117. The molecule has 0 bridgehead atoms. The Hall–Kier alpha value is -11.4. The number of hydrogen-bond acceptors (Lipinski definition) is 2. The summed E-state index contributed by atoms with van der Waals surface area (Å²) in [6.07, 6.45) is 0. The minimum Gasteiger partial charge on any atom is -0.309 e. The van der Waals surface area contributed by atoms with Gasteiger partial charge in [-0.15, -0.1) is 0 Å². The van der Waals surface area contributed by atoms with Gasteiger partial charge >= 0.3 is 0 Å². The van der Waals surface area contributed by atoms with E-state index in [-0.39, 0.29) is 10.8 Å². The Morgan fingerprint density at radius 2 is 0.680 bits per heavy atom. The second kappa shape index (κ2) is 21.6. The Bertz CT molecular complexity index is 6470. The zero-order chi connectivity index (χ0) is 67.0. The molecule has 2 aromatic heterocycles. The topological polar surface area (TPSA) is 44.0 Å². The predicted molar refractivity (Wildman–Crippen MR) is 422 cm³/mol. The number of fused-ring (bicyclic) bond motifs is 19. The Morgan fingerprint density at radius 1 is 0.250 bits per heavy atom. The van der Waals surface area contributed by atoms with Crippen molar-refractivity contribution in [3.63, 3.8) is 0 Å². The van der Waals surface area contributed by atoms with Crippen LogP contribution in [0.3, 0.4) is 0 Å². The van der Waals surface area contributed by atoms with Gasteiger partial charge in [-0.25, -0.2) is 0 Å². The molecule has 0 N–H and O–H groups in total. The van der Waals surface area contributed by atoms with Crippen LogP contribution in [0.1, 0.15) is 49.9 Å². The highest BCUT2D eigenvalue weighted by molar-refractivity contribution is 7.87. The fourth-order valence-electron chi connectivity index (χ4n) is 17.9. The molecule has 2 aliphatic carbocycles. The van der Waals surface area contributed by atoms with E-state index in [9.17, 15) is 0 Å². The lowest BCUT2D eigenvalue weighted by Gasteiger charge is -2.22. The van der Waals surface area contributed by atoms with Gasteiger partial charge in [-0.05, 0) is 155 Å². The molecule has 2 atom stereocenters. The molecule has 0 saturated carbocycles. The quantitative estimate of drug-likeness (QED) is 0.156. The lowest BCUT2D eigenvalue weighted by atomic mass is 9.81.